The van der Waals surface area contributed by atoms with Crippen molar-refractivity contribution in [2.45, 2.75) is 32.2 Å². The third-order valence-electron chi connectivity index (χ3n) is 5.53. The Morgan fingerprint density at radius 1 is 1.14 bits per heavy atom. The fraction of sp³-hybridized carbons (Fsp3) is 0.280. The standard InChI is InChI=1S/C25H25N7O2S/c1-16-4-2-6-19(29-16)24-28-11-8-22(32-24)30-21-7-10-27-23(31-21)13-17-12-20(35-15-17)25(33)34-14-18-5-3-9-26-18/h2,4,6-8,10-12,15,18,26H,3,5,9,13-14H2,1H3,(H,27,28,30,31,32)/t18-/m0/s1. The van der Waals surface area contributed by atoms with Crippen molar-refractivity contribution in [2.24, 2.45) is 0 Å². The van der Waals surface area contributed by atoms with Crippen molar-refractivity contribution in [3.05, 3.63) is 76.1 Å². The molecule has 0 aliphatic carbocycles. The number of aryl methyl sites for hydroxylation is 1. The number of esters is 1. The molecule has 1 saturated heterocycles. The van der Waals surface area contributed by atoms with Gasteiger partial charge in [0.15, 0.2) is 5.82 Å². The van der Waals surface area contributed by atoms with Gasteiger partial charge in [-0.25, -0.2) is 29.7 Å². The zero-order chi connectivity index (χ0) is 24.0. The lowest BCUT2D eigenvalue weighted by atomic mass is 10.2. The van der Waals surface area contributed by atoms with Crippen molar-refractivity contribution in [1.82, 2.24) is 30.2 Å². The number of rotatable bonds is 8. The van der Waals surface area contributed by atoms with E-state index >= 15 is 0 Å². The molecule has 0 spiro atoms. The quantitative estimate of drug-likeness (QED) is 0.357. The van der Waals surface area contributed by atoms with E-state index in [0.717, 1.165) is 30.6 Å². The first-order chi connectivity index (χ1) is 17.1. The van der Waals surface area contributed by atoms with E-state index in [1.54, 1.807) is 24.5 Å². The predicted octanol–water partition coefficient (Wildman–Crippen LogP) is 3.94. The fourth-order valence-electron chi connectivity index (χ4n) is 3.81. The van der Waals surface area contributed by atoms with Crippen LogP contribution < -0.4 is 10.6 Å². The number of nitrogens with one attached hydrogen (secondary N) is 2. The first-order valence-corrected chi connectivity index (χ1v) is 12.3. The average Bonchev–Trinajstić information content (AvgIpc) is 3.56. The Morgan fingerprint density at radius 2 is 2.00 bits per heavy atom. The molecular formula is C25H25N7O2S. The van der Waals surface area contributed by atoms with Gasteiger partial charge in [-0.1, -0.05) is 6.07 Å². The normalized spacial score (nSPS) is 15.2. The molecule has 178 valence electrons. The molecule has 1 fully saturated rings. The Hall–Kier alpha value is -3.76. The number of ether oxygens (including phenoxy) is 1. The van der Waals surface area contributed by atoms with Gasteiger partial charge < -0.3 is 15.4 Å². The molecule has 0 aromatic carbocycles. The van der Waals surface area contributed by atoms with E-state index in [1.807, 2.05) is 36.6 Å². The second-order valence-electron chi connectivity index (χ2n) is 8.30. The summed E-state index contributed by atoms with van der Waals surface area (Å²) in [4.78, 5) is 35.3. The number of carbonyl (C=O) groups is 1. The van der Waals surface area contributed by atoms with Gasteiger partial charge in [0, 0.05) is 30.6 Å². The van der Waals surface area contributed by atoms with Gasteiger partial charge in [-0.05, 0) is 67.6 Å². The highest BCUT2D eigenvalue weighted by Gasteiger charge is 2.18. The van der Waals surface area contributed by atoms with Gasteiger partial charge in [-0.3, -0.25) is 0 Å². The molecule has 0 unspecified atom stereocenters. The van der Waals surface area contributed by atoms with Crippen molar-refractivity contribution in [1.29, 1.82) is 0 Å². The second-order valence-corrected chi connectivity index (χ2v) is 9.21. The molecule has 4 aromatic rings. The van der Waals surface area contributed by atoms with Crippen LogP contribution in [-0.2, 0) is 11.2 Å². The van der Waals surface area contributed by atoms with Crippen LogP contribution in [0.25, 0.3) is 11.5 Å². The zero-order valence-electron chi connectivity index (χ0n) is 19.3. The van der Waals surface area contributed by atoms with Gasteiger partial charge in [0.1, 0.15) is 34.6 Å². The van der Waals surface area contributed by atoms with Crippen molar-refractivity contribution in [3.63, 3.8) is 0 Å². The number of carbonyl (C=O) groups excluding carboxylic acids is 1. The lowest BCUT2D eigenvalue weighted by Crippen LogP contribution is -2.27. The largest absolute Gasteiger partial charge is 0.460 e. The predicted molar refractivity (Wildman–Crippen MR) is 134 cm³/mol. The van der Waals surface area contributed by atoms with Gasteiger partial charge in [0.05, 0.1) is 0 Å². The van der Waals surface area contributed by atoms with E-state index in [4.69, 9.17) is 4.74 Å². The third-order valence-corrected chi connectivity index (χ3v) is 6.49. The molecule has 1 aliphatic heterocycles. The Morgan fingerprint density at radius 3 is 2.83 bits per heavy atom. The Balaban J connectivity index is 1.22. The molecule has 10 heteroatoms. The minimum atomic E-state index is -0.283. The smallest absolute Gasteiger partial charge is 0.348 e. The molecule has 1 aliphatic rings. The maximum Gasteiger partial charge on any atom is 0.348 e. The lowest BCUT2D eigenvalue weighted by Gasteiger charge is -2.09. The summed E-state index contributed by atoms with van der Waals surface area (Å²) in [6.45, 7) is 3.33. The summed E-state index contributed by atoms with van der Waals surface area (Å²) in [5.74, 6) is 2.12. The van der Waals surface area contributed by atoms with Crippen molar-refractivity contribution in [2.75, 3.05) is 18.5 Å². The molecule has 0 saturated carbocycles. The summed E-state index contributed by atoms with van der Waals surface area (Å²) in [5.41, 5.74) is 2.58. The molecule has 1 atom stereocenters. The van der Waals surface area contributed by atoms with Gasteiger partial charge in [0.25, 0.3) is 0 Å². The molecular weight excluding hydrogens is 462 g/mol. The fourth-order valence-corrected chi connectivity index (χ4v) is 4.61. The summed E-state index contributed by atoms with van der Waals surface area (Å²) < 4.78 is 5.46. The van der Waals surface area contributed by atoms with Crippen molar-refractivity contribution >= 4 is 28.9 Å². The summed E-state index contributed by atoms with van der Waals surface area (Å²) in [7, 11) is 0. The number of thiophene rings is 1. The van der Waals surface area contributed by atoms with E-state index in [2.05, 4.69) is 35.6 Å². The first kappa shape index (κ1) is 23.0. The monoisotopic (exact) mass is 487 g/mol. The zero-order valence-corrected chi connectivity index (χ0v) is 20.1. The average molecular weight is 488 g/mol. The summed E-state index contributed by atoms with van der Waals surface area (Å²) >= 11 is 1.38. The van der Waals surface area contributed by atoms with Crippen LogP contribution in [0.5, 0.6) is 0 Å². The minimum absolute atomic E-state index is 0.265. The van der Waals surface area contributed by atoms with E-state index in [-0.39, 0.29) is 12.0 Å². The van der Waals surface area contributed by atoms with Gasteiger partial charge in [0.2, 0.25) is 0 Å². The maximum absolute atomic E-state index is 12.4. The number of hydrogen-bond acceptors (Lipinski definition) is 10. The SMILES string of the molecule is Cc1cccc(-c2nccc(Nc3ccnc(Cc4csc(C(=O)OC[C@@H]5CCCN5)c4)n3)n2)n1. The van der Waals surface area contributed by atoms with Crippen LogP contribution in [0.1, 0.15) is 39.6 Å². The Bertz CT molecular complexity index is 1320. The lowest BCUT2D eigenvalue weighted by molar-refractivity contribution is 0.0479. The Labute approximate surface area is 207 Å². The third kappa shape index (κ3) is 6.03. The van der Waals surface area contributed by atoms with E-state index in [0.29, 0.717) is 46.9 Å². The van der Waals surface area contributed by atoms with Crippen LogP contribution in [0.2, 0.25) is 0 Å². The second kappa shape index (κ2) is 10.7. The van der Waals surface area contributed by atoms with E-state index < -0.39 is 0 Å². The molecule has 5 rings (SSSR count). The van der Waals surface area contributed by atoms with Crippen LogP contribution in [0.15, 0.2) is 54.2 Å². The van der Waals surface area contributed by atoms with Crippen LogP contribution in [0.3, 0.4) is 0 Å². The highest BCUT2D eigenvalue weighted by molar-refractivity contribution is 7.12. The van der Waals surface area contributed by atoms with Crippen molar-refractivity contribution in [3.8, 4) is 11.5 Å². The van der Waals surface area contributed by atoms with Crippen LogP contribution >= 0.6 is 11.3 Å². The number of pyridine rings is 1. The first-order valence-electron chi connectivity index (χ1n) is 11.5. The number of anilines is 2. The summed E-state index contributed by atoms with van der Waals surface area (Å²) in [6.07, 6.45) is 6.06. The molecule has 0 radical (unpaired) electrons. The summed E-state index contributed by atoms with van der Waals surface area (Å²) in [5, 5.41) is 8.49. The molecule has 9 nitrogen and oxygen atoms in total. The van der Waals surface area contributed by atoms with Gasteiger partial charge in [-0.15, -0.1) is 11.3 Å². The highest BCUT2D eigenvalue weighted by atomic mass is 32.1. The van der Waals surface area contributed by atoms with Crippen LogP contribution in [0, 0.1) is 6.92 Å². The number of aromatic nitrogens is 5. The van der Waals surface area contributed by atoms with E-state index in [1.165, 1.54) is 11.3 Å². The number of hydrogen-bond donors (Lipinski definition) is 2. The minimum Gasteiger partial charge on any atom is -0.460 e. The Kier molecular flexibility index (Phi) is 7.01. The maximum atomic E-state index is 12.4. The highest BCUT2D eigenvalue weighted by Crippen LogP contribution is 2.20. The molecule has 5 heterocycles. The van der Waals surface area contributed by atoms with E-state index in [9.17, 15) is 4.79 Å². The molecule has 0 amide bonds. The van der Waals surface area contributed by atoms with Gasteiger partial charge in [-0.2, -0.15) is 0 Å². The van der Waals surface area contributed by atoms with Crippen LogP contribution in [0.4, 0.5) is 11.6 Å². The molecule has 2 N–H and O–H groups in total. The summed E-state index contributed by atoms with van der Waals surface area (Å²) in [6, 6.07) is 11.4. The number of nitrogens with zero attached hydrogens (tertiary/aromatic N) is 5. The van der Waals surface area contributed by atoms with Gasteiger partial charge >= 0.3 is 5.97 Å². The van der Waals surface area contributed by atoms with Crippen LogP contribution in [-0.4, -0.2) is 50.1 Å². The van der Waals surface area contributed by atoms with Crippen molar-refractivity contribution < 1.29 is 9.53 Å². The molecule has 0 bridgehead atoms. The topological polar surface area (TPSA) is 115 Å². The molecule has 4 aromatic heterocycles. The molecule has 35 heavy (non-hydrogen) atoms.